The largest absolute Gasteiger partial charge is 0.508 e. The number of carbonyl (C=O) groups excluding carboxylic acids is 3. The number of phenolic OH excluding ortho intramolecular Hbond substituents is 3. The van der Waals surface area contributed by atoms with Gasteiger partial charge in [0.05, 0.1) is 156 Å². The quantitative estimate of drug-likeness (QED) is 0.0104. The maximum Gasteiger partial charge on any atom is 0.343 e. The molecule has 0 amide bonds. The summed E-state index contributed by atoms with van der Waals surface area (Å²) in [5.74, 6) is 2.00. The van der Waals surface area contributed by atoms with Gasteiger partial charge in [0.15, 0.2) is 0 Å². The zero-order chi connectivity index (χ0) is 92.8. The third-order valence-electron chi connectivity index (χ3n) is 23.6. The predicted octanol–water partition coefficient (Wildman–Crippen LogP) is 20.1. The minimum atomic E-state index is -0.926. The first-order valence-electron chi connectivity index (χ1n) is 44.3. The van der Waals surface area contributed by atoms with Crippen LogP contribution in [0.4, 0.5) is 0 Å². The molecule has 5 fully saturated rings. The molecular formula is C103H132O25. The molecular weight excluding hydrogens is 1640 g/mol. The molecule has 0 atom stereocenters. The summed E-state index contributed by atoms with van der Waals surface area (Å²) in [6, 6.07) is 48.2. The number of carbonyl (C=O) groups is 5. The van der Waals surface area contributed by atoms with Gasteiger partial charge in [0.25, 0.3) is 0 Å². The van der Waals surface area contributed by atoms with Gasteiger partial charge in [-0.1, -0.05) is 96.9 Å². The molecule has 128 heavy (non-hydrogen) atoms. The minimum absolute atomic E-state index is 0.0721. The van der Waals surface area contributed by atoms with Crippen LogP contribution in [0.25, 0.3) is 0 Å². The molecule has 5 heterocycles. The predicted molar refractivity (Wildman–Crippen MR) is 487 cm³/mol. The SMILES string of the molecule is CC(C)(C)c1cc(O)ccc1O.CCC1(COCCCCOc2ccc(C(=O)O)cc2)COC1.CCC1(COCCCCOc2ccc(C(=O)Oc3ccc(OC(=O)c4ccc(OCC5(CC)COC5)cc4)cc3C(C)(C)C)cc2)COC1.CCC1(COc2ccc(C(=O)O)cc2)COC1.CCC1(COc2ccc(C(=O)Oc3ccc(O)c(C(C)(C)C)c3)cc2)COC1. The van der Waals surface area contributed by atoms with Gasteiger partial charge >= 0.3 is 29.8 Å². The molecule has 25 heteroatoms. The van der Waals surface area contributed by atoms with E-state index in [2.05, 4.69) is 34.6 Å². The second kappa shape index (κ2) is 47.0. The highest BCUT2D eigenvalue weighted by atomic mass is 16.6. The number of hydrogen-bond acceptors (Lipinski definition) is 23. The Balaban J connectivity index is 0.000000198. The average Bonchev–Trinajstić information content (AvgIpc) is 0.747. The van der Waals surface area contributed by atoms with Crippen LogP contribution in [0.2, 0.25) is 0 Å². The van der Waals surface area contributed by atoms with E-state index in [0.717, 1.165) is 153 Å². The normalized spacial score (nSPS) is 15.7. The molecule has 13 rings (SSSR count). The lowest BCUT2D eigenvalue weighted by Crippen LogP contribution is -2.46. The third-order valence-corrected chi connectivity index (χ3v) is 23.6. The molecule has 5 aliphatic rings. The standard InChI is InChI=1S/C40H50O9.C23H28O5.C17H24O5.C13H16O4.C10H14O2/c1-6-39(24-44-25-39)23-43-20-8-9-21-46-31-14-10-30(11-15-31)37(42)49-35-19-18-33(22-34(35)38(3,4)5)48-36(41)29-12-16-32(17-13-29)47-28-40(7-2)26-45-27-40;1-5-23(13-26-14-23)15-27-17-8-6-16(7-9-17)21(25)28-18-10-11-20(24)19(12-18)22(2,3)4;1-2-17(12-21-13-17)11-20-9-3-4-10-22-15-7-5-14(6-8-15)16(18)19;1-2-13(7-16-8-13)9-17-11-5-3-10(4-6-11)12(14)15;1-10(2,3)8-6-7(11)4-5-9(8)12/h10-19,22H,6-9,20-21,23-28H2,1-5H3;6-12,24H,5,13-15H2,1-4H3;5-8H,2-4,9-13H2,1H3,(H,18,19);3-6H,2,7-9H2,1H3,(H,14,15);4-6,11-12H,1-3H3. The number of hydrogen-bond donors (Lipinski definition) is 5. The van der Waals surface area contributed by atoms with E-state index in [1.807, 2.05) is 62.3 Å². The second-order valence-electron chi connectivity index (χ2n) is 37.0. The van der Waals surface area contributed by atoms with Crippen molar-refractivity contribution in [1.82, 2.24) is 0 Å². The highest BCUT2D eigenvalue weighted by molar-refractivity contribution is 5.93. The Morgan fingerprint density at radius 1 is 0.297 bits per heavy atom. The van der Waals surface area contributed by atoms with Gasteiger partial charge in [-0.2, -0.15) is 0 Å². The zero-order valence-corrected chi connectivity index (χ0v) is 76.9. The van der Waals surface area contributed by atoms with E-state index in [0.29, 0.717) is 110 Å². The van der Waals surface area contributed by atoms with Gasteiger partial charge in [0, 0.05) is 40.7 Å². The van der Waals surface area contributed by atoms with Crippen molar-refractivity contribution in [2.45, 2.75) is 171 Å². The molecule has 694 valence electrons. The molecule has 5 N–H and O–H groups in total. The van der Waals surface area contributed by atoms with Crippen LogP contribution in [-0.2, 0) is 49.4 Å². The fraction of sp³-hybridized carbons (Fsp3) is 0.485. The number of rotatable bonds is 38. The maximum absolute atomic E-state index is 13.1. The molecule has 0 spiro atoms. The fourth-order valence-electron chi connectivity index (χ4n) is 13.7. The van der Waals surface area contributed by atoms with Gasteiger partial charge in [-0.15, -0.1) is 0 Å². The molecule has 5 saturated heterocycles. The number of ether oxygens (including phenoxy) is 15. The number of esters is 3. The maximum atomic E-state index is 13.1. The van der Waals surface area contributed by atoms with Gasteiger partial charge in [-0.25, -0.2) is 24.0 Å². The lowest BCUT2D eigenvalue weighted by Gasteiger charge is -2.40. The number of aromatic carboxylic acids is 2. The molecule has 0 saturated carbocycles. The van der Waals surface area contributed by atoms with Crippen molar-refractivity contribution in [3.63, 3.8) is 0 Å². The van der Waals surface area contributed by atoms with Crippen LogP contribution in [-0.4, -0.2) is 181 Å². The summed E-state index contributed by atoms with van der Waals surface area (Å²) in [6.45, 7) is 42.3. The number of carboxylic acids is 2. The highest BCUT2D eigenvalue weighted by Gasteiger charge is 2.41. The van der Waals surface area contributed by atoms with Crippen molar-refractivity contribution in [2.75, 3.05) is 126 Å². The van der Waals surface area contributed by atoms with Gasteiger partial charge in [0.1, 0.15) is 63.2 Å². The first-order chi connectivity index (χ1) is 61.0. The van der Waals surface area contributed by atoms with E-state index in [1.54, 1.807) is 164 Å². The number of phenols is 3. The molecule has 8 aromatic rings. The van der Waals surface area contributed by atoms with E-state index in [9.17, 15) is 39.3 Å². The van der Waals surface area contributed by atoms with Crippen molar-refractivity contribution in [3.8, 4) is 63.2 Å². The van der Waals surface area contributed by atoms with Gasteiger partial charge < -0.3 is 96.6 Å². The van der Waals surface area contributed by atoms with Crippen LogP contribution >= 0.6 is 0 Å². The summed E-state index contributed by atoms with van der Waals surface area (Å²) in [6.07, 6.45) is 8.86. The summed E-state index contributed by atoms with van der Waals surface area (Å²) in [7, 11) is 0. The third kappa shape index (κ3) is 30.2. The molecule has 0 bridgehead atoms. The summed E-state index contributed by atoms with van der Waals surface area (Å²) in [4.78, 5) is 59.9. The monoisotopic (exact) mass is 1770 g/mol. The Morgan fingerprint density at radius 3 is 0.844 bits per heavy atom. The minimum Gasteiger partial charge on any atom is -0.508 e. The topological polar surface area (TPSA) is 325 Å². The second-order valence-corrected chi connectivity index (χ2v) is 37.0. The molecule has 25 nitrogen and oxygen atoms in total. The molecule has 0 unspecified atom stereocenters. The zero-order valence-electron chi connectivity index (χ0n) is 76.9. The van der Waals surface area contributed by atoms with E-state index in [1.165, 1.54) is 12.1 Å². The van der Waals surface area contributed by atoms with E-state index < -0.39 is 35.3 Å². The molecule has 0 radical (unpaired) electrons. The number of benzene rings is 8. The Bertz CT molecular complexity index is 4780. The van der Waals surface area contributed by atoms with E-state index >= 15 is 0 Å². The first-order valence-corrected chi connectivity index (χ1v) is 44.3. The van der Waals surface area contributed by atoms with Crippen molar-refractivity contribution < 1.29 is 121 Å². The highest BCUT2D eigenvalue weighted by Crippen LogP contribution is 2.41. The Hall–Kier alpha value is -10.8. The van der Waals surface area contributed by atoms with E-state index in [4.69, 9.17) is 81.3 Å². The van der Waals surface area contributed by atoms with Crippen LogP contribution < -0.4 is 37.9 Å². The van der Waals surface area contributed by atoms with Crippen LogP contribution in [0.5, 0.6) is 63.2 Å². The molecule has 5 aliphatic heterocycles. The van der Waals surface area contributed by atoms with Gasteiger partial charge in [-0.3, -0.25) is 0 Å². The van der Waals surface area contributed by atoms with Crippen molar-refractivity contribution in [3.05, 3.63) is 220 Å². The number of carboxylic acid groups (broad SMARTS) is 2. The lowest BCUT2D eigenvalue weighted by molar-refractivity contribution is -0.150. The Morgan fingerprint density at radius 2 is 0.555 bits per heavy atom. The molecule has 0 aromatic heterocycles. The Kier molecular flexibility index (Phi) is 37.1. The number of aromatic hydroxyl groups is 3. The van der Waals surface area contributed by atoms with Crippen LogP contribution in [0, 0.1) is 27.1 Å². The lowest BCUT2D eigenvalue weighted by atomic mass is 9.84. The smallest absolute Gasteiger partial charge is 0.343 e. The van der Waals surface area contributed by atoms with Crippen LogP contribution in [0.15, 0.2) is 176 Å². The van der Waals surface area contributed by atoms with Gasteiger partial charge in [-0.05, 0) is 250 Å². The Labute approximate surface area is 753 Å². The van der Waals surface area contributed by atoms with Crippen LogP contribution in [0.1, 0.15) is 223 Å². The average molecular weight is 1770 g/mol. The van der Waals surface area contributed by atoms with Crippen LogP contribution in [0.3, 0.4) is 0 Å². The summed E-state index contributed by atoms with van der Waals surface area (Å²) < 4.78 is 84.0. The summed E-state index contributed by atoms with van der Waals surface area (Å²) >= 11 is 0. The fourth-order valence-corrected chi connectivity index (χ4v) is 13.7. The van der Waals surface area contributed by atoms with Gasteiger partial charge in [0.2, 0.25) is 0 Å². The molecule has 8 aromatic carbocycles. The van der Waals surface area contributed by atoms with Crippen molar-refractivity contribution >= 4 is 29.8 Å². The first kappa shape index (κ1) is 101. The van der Waals surface area contributed by atoms with Crippen molar-refractivity contribution in [1.29, 1.82) is 0 Å². The number of unbranched alkanes of at least 4 members (excludes halogenated alkanes) is 2. The molecule has 0 aliphatic carbocycles. The van der Waals surface area contributed by atoms with E-state index in [-0.39, 0.29) is 66.3 Å². The summed E-state index contributed by atoms with van der Waals surface area (Å²) in [5.41, 5.74) is 4.01. The summed E-state index contributed by atoms with van der Waals surface area (Å²) in [5, 5.41) is 46.3. The van der Waals surface area contributed by atoms with Crippen molar-refractivity contribution in [2.24, 2.45) is 27.1 Å².